The molecule has 162 valence electrons. The molecule has 1 atom stereocenters. The lowest BCUT2D eigenvalue weighted by molar-refractivity contribution is 0.297. The third kappa shape index (κ3) is 3.40. The van der Waals surface area contributed by atoms with E-state index in [9.17, 15) is 0 Å². The summed E-state index contributed by atoms with van der Waals surface area (Å²) < 4.78 is 25.8. The van der Waals surface area contributed by atoms with Crippen LogP contribution in [-0.4, -0.2) is 42.4 Å². The largest absolute Gasteiger partial charge is 0.493 e. The lowest BCUT2D eigenvalue weighted by Gasteiger charge is -2.25. The predicted octanol–water partition coefficient (Wildman–Crippen LogP) is 3.65. The zero-order chi connectivity index (χ0) is 21.5. The highest BCUT2D eigenvalue weighted by molar-refractivity contribution is 9.10. The molecule has 9 nitrogen and oxygen atoms in total. The van der Waals surface area contributed by atoms with E-state index in [1.54, 1.807) is 7.11 Å². The zero-order valence-corrected chi connectivity index (χ0v) is 18.7. The summed E-state index contributed by atoms with van der Waals surface area (Å²) in [6, 6.07) is 7.70. The number of aromatic nitrogens is 2. The van der Waals surface area contributed by atoms with Gasteiger partial charge in [0.05, 0.1) is 42.4 Å². The van der Waals surface area contributed by atoms with Crippen molar-refractivity contribution in [3.63, 3.8) is 0 Å². The molecule has 0 amide bonds. The molecule has 2 aliphatic rings. The molecule has 0 bridgehead atoms. The molecule has 0 aliphatic carbocycles. The summed E-state index contributed by atoms with van der Waals surface area (Å²) in [5.41, 5.74) is 8.58. The molecule has 3 heterocycles. The number of guanidine groups is 1. The van der Waals surface area contributed by atoms with Crippen LogP contribution in [0.25, 0.3) is 11.0 Å². The molecular weight excluding hydrogens is 466 g/mol. The van der Waals surface area contributed by atoms with Gasteiger partial charge in [0.25, 0.3) is 0 Å². The van der Waals surface area contributed by atoms with Crippen molar-refractivity contribution in [3.05, 3.63) is 34.3 Å². The van der Waals surface area contributed by atoms with E-state index in [-0.39, 0.29) is 5.96 Å². The summed E-state index contributed by atoms with van der Waals surface area (Å²) >= 11 is 3.60. The molecule has 5 rings (SSSR count). The van der Waals surface area contributed by atoms with E-state index in [1.165, 1.54) is 0 Å². The van der Waals surface area contributed by atoms with Gasteiger partial charge in [0.2, 0.25) is 5.95 Å². The van der Waals surface area contributed by atoms with E-state index < -0.39 is 6.17 Å². The van der Waals surface area contributed by atoms with Crippen molar-refractivity contribution in [1.82, 2.24) is 9.55 Å². The molecule has 2 aliphatic heterocycles. The van der Waals surface area contributed by atoms with E-state index in [0.717, 1.165) is 27.5 Å². The maximum atomic E-state index is 6.10. The normalized spacial score (nSPS) is 17.4. The van der Waals surface area contributed by atoms with E-state index in [2.05, 4.69) is 26.2 Å². The van der Waals surface area contributed by atoms with Gasteiger partial charge in [-0.1, -0.05) is 0 Å². The molecule has 10 heteroatoms. The Balaban J connectivity index is 1.68. The third-order valence-electron chi connectivity index (χ3n) is 5.14. The number of hydrogen-bond donors (Lipinski definition) is 2. The highest BCUT2D eigenvalue weighted by Crippen LogP contribution is 2.42. The van der Waals surface area contributed by atoms with Crippen LogP contribution in [0.5, 0.6) is 23.0 Å². The summed E-state index contributed by atoms with van der Waals surface area (Å²) in [5.74, 6) is 3.51. The summed E-state index contributed by atoms with van der Waals surface area (Å²) in [6.07, 6.45) is 0.384. The lowest BCUT2D eigenvalue weighted by Crippen LogP contribution is -2.31. The molecule has 0 unspecified atom stereocenters. The number of aliphatic imine (C=N–C) groups is 1. The van der Waals surface area contributed by atoms with Crippen LogP contribution in [0.15, 0.2) is 33.7 Å². The number of methoxy groups -OCH3 is 1. The molecule has 3 aromatic rings. The Hall–Kier alpha value is -3.14. The van der Waals surface area contributed by atoms with Crippen LogP contribution in [0, 0.1) is 0 Å². The number of anilines is 1. The Labute approximate surface area is 187 Å². The molecule has 31 heavy (non-hydrogen) atoms. The van der Waals surface area contributed by atoms with Gasteiger partial charge in [0.15, 0.2) is 35.1 Å². The molecule has 2 aromatic carbocycles. The van der Waals surface area contributed by atoms with Gasteiger partial charge in [-0.15, -0.1) is 0 Å². The topological polar surface area (TPSA) is 105 Å². The van der Waals surface area contributed by atoms with Gasteiger partial charge in [-0.25, -0.2) is 9.98 Å². The molecule has 0 radical (unpaired) electrons. The number of nitrogens with one attached hydrogen (secondary N) is 1. The maximum Gasteiger partial charge on any atom is 0.212 e. The number of halogens is 1. The van der Waals surface area contributed by atoms with Gasteiger partial charge in [-0.2, -0.15) is 0 Å². The number of rotatable bonds is 4. The Morgan fingerprint density at radius 3 is 2.74 bits per heavy atom. The fourth-order valence-corrected chi connectivity index (χ4v) is 4.39. The highest BCUT2D eigenvalue weighted by atomic mass is 79.9. The van der Waals surface area contributed by atoms with Crippen LogP contribution in [-0.2, 0) is 0 Å². The van der Waals surface area contributed by atoms with Crippen LogP contribution in [0.3, 0.4) is 0 Å². The Bertz CT molecular complexity index is 1190. The number of ether oxygens (including phenoxy) is 4. The van der Waals surface area contributed by atoms with Crippen molar-refractivity contribution in [1.29, 1.82) is 0 Å². The first-order valence-corrected chi connectivity index (χ1v) is 10.8. The SMILES string of the molecule is CCOc1c(Br)cc([C@@H]2N=C(N)Nc3nc4cc5c(cc4n32)OCCCO5)cc1OC. The Morgan fingerprint density at radius 1 is 1.23 bits per heavy atom. The van der Waals surface area contributed by atoms with Crippen molar-refractivity contribution in [2.75, 3.05) is 32.2 Å². The van der Waals surface area contributed by atoms with Gasteiger partial charge in [-0.05, 0) is 35.0 Å². The number of nitrogens with two attached hydrogens (primary N) is 1. The molecule has 0 fully saturated rings. The van der Waals surface area contributed by atoms with Gasteiger partial charge in [0, 0.05) is 24.1 Å². The first-order valence-electron chi connectivity index (χ1n) is 10.0. The summed E-state index contributed by atoms with van der Waals surface area (Å²) in [5, 5.41) is 3.06. The summed E-state index contributed by atoms with van der Waals surface area (Å²) in [6.45, 7) is 3.67. The van der Waals surface area contributed by atoms with Gasteiger partial charge in [-0.3, -0.25) is 9.88 Å². The average molecular weight is 488 g/mol. The number of hydrogen-bond acceptors (Lipinski definition) is 8. The van der Waals surface area contributed by atoms with Gasteiger partial charge in [0.1, 0.15) is 0 Å². The van der Waals surface area contributed by atoms with Crippen LogP contribution >= 0.6 is 15.9 Å². The predicted molar refractivity (Wildman–Crippen MR) is 121 cm³/mol. The fraction of sp³-hybridized carbons (Fsp3) is 0.333. The van der Waals surface area contributed by atoms with Crippen molar-refractivity contribution >= 4 is 38.9 Å². The zero-order valence-electron chi connectivity index (χ0n) is 17.1. The molecule has 1 aromatic heterocycles. The van der Waals surface area contributed by atoms with Crippen molar-refractivity contribution in [2.45, 2.75) is 19.5 Å². The van der Waals surface area contributed by atoms with Gasteiger partial charge >= 0.3 is 0 Å². The fourth-order valence-electron chi connectivity index (χ4n) is 3.82. The number of nitrogens with zero attached hydrogens (tertiary/aromatic N) is 3. The number of benzene rings is 2. The van der Waals surface area contributed by atoms with E-state index in [0.29, 0.717) is 48.8 Å². The van der Waals surface area contributed by atoms with E-state index >= 15 is 0 Å². The smallest absolute Gasteiger partial charge is 0.212 e. The molecule has 0 saturated heterocycles. The molecule has 0 spiro atoms. The number of imidazole rings is 1. The quantitative estimate of drug-likeness (QED) is 0.578. The van der Waals surface area contributed by atoms with E-state index in [4.69, 9.17) is 29.7 Å². The summed E-state index contributed by atoms with van der Waals surface area (Å²) in [7, 11) is 1.61. The van der Waals surface area contributed by atoms with Crippen LogP contribution in [0.2, 0.25) is 0 Å². The highest BCUT2D eigenvalue weighted by Gasteiger charge is 2.28. The van der Waals surface area contributed by atoms with E-state index in [1.807, 2.05) is 35.8 Å². The van der Waals surface area contributed by atoms with Crippen LogP contribution in [0.4, 0.5) is 5.95 Å². The third-order valence-corrected chi connectivity index (χ3v) is 5.73. The summed E-state index contributed by atoms with van der Waals surface area (Å²) in [4.78, 5) is 9.37. The Kier molecular flexibility index (Phi) is 5.01. The van der Waals surface area contributed by atoms with Crippen molar-refractivity contribution in [2.24, 2.45) is 10.7 Å². The second kappa shape index (κ2) is 7.84. The standard InChI is InChI=1S/C21H22BrN5O4/c1-3-29-18-12(22)7-11(8-17(18)28-2)19-25-20(23)26-21-24-13-9-15-16(10-14(13)27(19)21)31-6-4-5-30-15/h7-10,19H,3-6H2,1-2H3,(H3,23,24,25,26)/t19-/m1/s1. The first-order chi connectivity index (χ1) is 15.1. The van der Waals surface area contributed by atoms with Crippen molar-refractivity contribution < 1.29 is 18.9 Å². The van der Waals surface area contributed by atoms with Gasteiger partial charge < -0.3 is 24.7 Å². The average Bonchev–Trinajstić information content (AvgIpc) is 2.94. The minimum atomic E-state index is -0.452. The second-order valence-electron chi connectivity index (χ2n) is 7.12. The first kappa shape index (κ1) is 19.8. The van der Waals surface area contributed by atoms with Crippen LogP contribution in [0.1, 0.15) is 25.1 Å². The monoisotopic (exact) mass is 487 g/mol. The minimum absolute atomic E-state index is 0.283. The molecular formula is C21H22BrN5O4. The molecule has 0 saturated carbocycles. The second-order valence-corrected chi connectivity index (χ2v) is 7.98. The Morgan fingerprint density at radius 2 is 2.00 bits per heavy atom. The molecule has 3 N–H and O–H groups in total. The van der Waals surface area contributed by atoms with Crippen LogP contribution < -0.4 is 30.0 Å². The minimum Gasteiger partial charge on any atom is -0.493 e. The maximum absolute atomic E-state index is 6.10. The van der Waals surface area contributed by atoms with Crippen molar-refractivity contribution in [3.8, 4) is 23.0 Å². The lowest BCUT2D eigenvalue weighted by atomic mass is 10.1. The number of fused-ring (bicyclic) bond motifs is 4.